The van der Waals surface area contributed by atoms with Gasteiger partial charge in [0.1, 0.15) is 5.75 Å². The minimum Gasteiger partial charge on any atom is -0.508 e. The first-order valence-corrected chi connectivity index (χ1v) is 7.73. The van der Waals surface area contributed by atoms with Crippen LogP contribution in [-0.4, -0.2) is 16.6 Å². The van der Waals surface area contributed by atoms with Crippen LogP contribution < -0.4 is 0 Å². The van der Waals surface area contributed by atoms with Crippen molar-refractivity contribution in [3.05, 3.63) is 64.7 Å². The highest BCUT2D eigenvalue weighted by molar-refractivity contribution is 5.41. The minimum absolute atomic E-state index is 0.428. The predicted molar refractivity (Wildman–Crippen MR) is 86.4 cm³/mol. The molecule has 1 aliphatic heterocycles. The van der Waals surface area contributed by atoms with Gasteiger partial charge in [0.05, 0.1) is 0 Å². The van der Waals surface area contributed by atoms with E-state index in [0.717, 1.165) is 24.2 Å². The molecule has 0 saturated carbocycles. The maximum atomic E-state index is 10.2. The summed E-state index contributed by atoms with van der Waals surface area (Å²) in [6.07, 6.45) is 2.43. The number of hydrogen-bond donors (Lipinski definition) is 1. The first kappa shape index (κ1) is 14.2. The molecule has 21 heavy (non-hydrogen) atoms. The molecule has 110 valence electrons. The van der Waals surface area contributed by atoms with Crippen LogP contribution in [0.3, 0.4) is 0 Å². The summed E-state index contributed by atoms with van der Waals surface area (Å²) >= 11 is 0. The molecule has 0 amide bonds. The molecule has 1 heterocycles. The second-order valence-corrected chi connectivity index (χ2v) is 6.10. The molecule has 0 aliphatic carbocycles. The summed E-state index contributed by atoms with van der Waals surface area (Å²) in [6, 6.07) is 15.2. The van der Waals surface area contributed by atoms with E-state index in [-0.39, 0.29) is 0 Å². The van der Waals surface area contributed by atoms with Gasteiger partial charge in [0.15, 0.2) is 0 Å². The van der Waals surface area contributed by atoms with E-state index in [1.807, 2.05) is 13.0 Å². The van der Waals surface area contributed by atoms with Gasteiger partial charge in [0.25, 0.3) is 0 Å². The highest BCUT2D eigenvalue weighted by Crippen LogP contribution is 2.34. The largest absolute Gasteiger partial charge is 0.508 e. The lowest BCUT2D eigenvalue weighted by molar-refractivity contribution is 0.245. The average Bonchev–Trinajstić information content (AvgIpc) is 2.94. The third-order valence-corrected chi connectivity index (χ3v) is 4.62. The zero-order valence-corrected chi connectivity index (χ0v) is 12.8. The van der Waals surface area contributed by atoms with Crippen LogP contribution >= 0.6 is 0 Å². The summed E-state index contributed by atoms with van der Waals surface area (Å²) in [4.78, 5) is 2.49. The topological polar surface area (TPSA) is 23.5 Å². The van der Waals surface area contributed by atoms with Crippen molar-refractivity contribution in [2.24, 2.45) is 0 Å². The van der Waals surface area contributed by atoms with Gasteiger partial charge in [-0.25, -0.2) is 0 Å². The van der Waals surface area contributed by atoms with E-state index in [9.17, 15) is 5.11 Å². The number of aryl methyl sites for hydroxylation is 2. The molecular formula is C19H23NO. The highest BCUT2D eigenvalue weighted by Gasteiger charge is 2.26. The van der Waals surface area contributed by atoms with Gasteiger partial charge in [-0.1, -0.05) is 36.4 Å². The van der Waals surface area contributed by atoms with Crippen LogP contribution in [0.2, 0.25) is 0 Å². The van der Waals surface area contributed by atoms with Crippen molar-refractivity contribution in [2.75, 3.05) is 6.54 Å². The molecule has 1 aliphatic rings. The van der Waals surface area contributed by atoms with E-state index in [4.69, 9.17) is 0 Å². The molecule has 0 radical (unpaired) electrons. The Morgan fingerprint density at radius 3 is 2.57 bits per heavy atom. The maximum Gasteiger partial charge on any atom is 0.120 e. The molecule has 3 rings (SSSR count). The van der Waals surface area contributed by atoms with Crippen molar-refractivity contribution in [2.45, 2.75) is 39.3 Å². The third kappa shape index (κ3) is 2.96. The number of rotatable bonds is 3. The van der Waals surface area contributed by atoms with E-state index < -0.39 is 0 Å². The fraction of sp³-hybridized carbons (Fsp3) is 0.368. The van der Waals surface area contributed by atoms with E-state index in [2.05, 4.69) is 48.2 Å². The number of phenolic OH excluding ortho intramolecular Hbond substituents is 1. The molecule has 0 bridgehead atoms. The standard InChI is InChI=1S/C19H23NO/c1-14-11-17(19(21)12-15(14)2)13-20-10-6-9-18(20)16-7-4-3-5-8-16/h3-5,7-8,11-12,18,21H,6,9-10,13H2,1-2H3/t18-/m1/s1. The average molecular weight is 281 g/mol. The molecule has 1 saturated heterocycles. The first-order chi connectivity index (χ1) is 10.1. The van der Waals surface area contributed by atoms with E-state index in [0.29, 0.717) is 11.8 Å². The van der Waals surface area contributed by atoms with Crippen molar-refractivity contribution >= 4 is 0 Å². The van der Waals surface area contributed by atoms with Gasteiger partial charge in [0.2, 0.25) is 0 Å². The van der Waals surface area contributed by atoms with Crippen molar-refractivity contribution in [3.8, 4) is 5.75 Å². The molecule has 2 heteroatoms. The Labute approximate surface area is 127 Å². The Hall–Kier alpha value is -1.80. The lowest BCUT2D eigenvalue weighted by Crippen LogP contribution is -2.22. The number of nitrogens with zero attached hydrogens (tertiary/aromatic N) is 1. The van der Waals surface area contributed by atoms with Crippen molar-refractivity contribution in [3.63, 3.8) is 0 Å². The summed E-state index contributed by atoms with van der Waals surface area (Å²) in [7, 11) is 0. The van der Waals surface area contributed by atoms with Crippen LogP contribution in [0.1, 0.15) is 41.1 Å². The van der Waals surface area contributed by atoms with Gasteiger partial charge in [0, 0.05) is 18.2 Å². The predicted octanol–water partition coefficient (Wildman–Crippen LogP) is 4.35. The molecule has 1 N–H and O–H groups in total. The SMILES string of the molecule is Cc1cc(O)c(CN2CCC[C@@H]2c2ccccc2)cc1C. The van der Waals surface area contributed by atoms with Gasteiger partial charge in [-0.15, -0.1) is 0 Å². The Kier molecular flexibility index (Phi) is 3.98. The third-order valence-electron chi connectivity index (χ3n) is 4.62. The zero-order valence-electron chi connectivity index (χ0n) is 12.8. The van der Waals surface area contributed by atoms with Gasteiger partial charge in [-0.05, 0) is 56.0 Å². The van der Waals surface area contributed by atoms with Crippen LogP contribution in [0.5, 0.6) is 5.75 Å². The second kappa shape index (κ2) is 5.90. The molecule has 2 aromatic carbocycles. The minimum atomic E-state index is 0.428. The molecule has 0 unspecified atom stereocenters. The normalized spacial score (nSPS) is 19.0. The number of phenols is 1. The Morgan fingerprint density at radius 1 is 1.10 bits per heavy atom. The fourth-order valence-electron chi connectivity index (χ4n) is 3.27. The van der Waals surface area contributed by atoms with Gasteiger partial charge in [-0.3, -0.25) is 4.90 Å². The Bertz CT molecular complexity index is 621. The molecule has 1 atom stereocenters. The number of aromatic hydroxyl groups is 1. The molecular weight excluding hydrogens is 258 g/mol. The smallest absolute Gasteiger partial charge is 0.120 e. The van der Waals surface area contributed by atoms with Crippen LogP contribution in [-0.2, 0) is 6.54 Å². The Morgan fingerprint density at radius 2 is 1.81 bits per heavy atom. The van der Waals surface area contributed by atoms with Crippen molar-refractivity contribution < 1.29 is 5.11 Å². The molecule has 2 nitrogen and oxygen atoms in total. The quantitative estimate of drug-likeness (QED) is 0.904. The van der Waals surface area contributed by atoms with Gasteiger partial charge >= 0.3 is 0 Å². The molecule has 0 aromatic heterocycles. The first-order valence-electron chi connectivity index (χ1n) is 7.73. The van der Waals surface area contributed by atoms with Gasteiger partial charge in [-0.2, -0.15) is 0 Å². The van der Waals surface area contributed by atoms with Crippen LogP contribution in [0.25, 0.3) is 0 Å². The van der Waals surface area contributed by atoms with E-state index >= 15 is 0 Å². The lowest BCUT2D eigenvalue weighted by atomic mass is 10.0. The second-order valence-electron chi connectivity index (χ2n) is 6.10. The molecule has 1 fully saturated rings. The van der Waals surface area contributed by atoms with E-state index in [1.165, 1.54) is 24.0 Å². The number of benzene rings is 2. The zero-order chi connectivity index (χ0) is 14.8. The summed E-state index contributed by atoms with van der Waals surface area (Å²) in [5.41, 5.74) is 4.83. The highest BCUT2D eigenvalue weighted by atomic mass is 16.3. The Balaban J connectivity index is 1.82. The lowest BCUT2D eigenvalue weighted by Gasteiger charge is -2.25. The van der Waals surface area contributed by atoms with Crippen LogP contribution in [0.15, 0.2) is 42.5 Å². The maximum absolute atomic E-state index is 10.2. The van der Waals surface area contributed by atoms with Crippen molar-refractivity contribution in [1.29, 1.82) is 0 Å². The molecule has 2 aromatic rings. The fourth-order valence-corrected chi connectivity index (χ4v) is 3.27. The van der Waals surface area contributed by atoms with Crippen LogP contribution in [0, 0.1) is 13.8 Å². The van der Waals surface area contributed by atoms with Gasteiger partial charge < -0.3 is 5.11 Å². The van der Waals surface area contributed by atoms with E-state index in [1.54, 1.807) is 0 Å². The number of likely N-dealkylation sites (tertiary alicyclic amines) is 1. The van der Waals surface area contributed by atoms with Crippen LogP contribution in [0.4, 0.5) is 0 Å². The monoisotopic (exact) mass is 281 g/mol. The summed E-state index contributed by atoms with van der Waals surface area (Å²) in [6.45, 7) is 6.08. The molecule has 0 spiro atoms. The van der Waals surface area contributed by atoms with Crippen molar-refractivity contribution in [1.82, 2.24) is 4.90 Å². The summed E-state index contributed by atoms with van der Waals surface area (Å²) in [5.74, 6) is 0.428. The summed E-state index contributed by atoms with van der Waals surface area (Å²) < 4.78 is 0. The summed E-state index contributed by atoms with van der Waals surface area (Å²) in [5, 5.41) is 10.2. The number of hydrogen-bond acceptors (Lipinski definition) is 2.